The number of carbonyl (C=O) groups is 2. The number of hydrogen-bond donors (Lipinski definition) is 2. The van der Waals surface area contributed by atoms with Crippen molar-refractivity contribution >= 4 is 39.1 Å². The number of aryl methyl sites for hydroxylation is 1. The van der Waals surface area contributed by atoms with E-state index in [1.165, 1.54) is 15.9 Å². The summed E-state index contributed by atoms with van der Waals surface area (Å²) in [5.74, 6) is -0.346. The molecule has 0 saturated carbocycles. The third-order valence-corrected chi connectivity index (χ3v) is 4.26. The predicted molar refractivity (Wildman–Crippen MR) is 74.5 cm³/mol. The van der Waals surface area contributed by atoms with Crippen molar-refractivity contribution in [3.05, 3.63) is 21.6 Å². The van der Waals surface area contributed by atoms with Gasteiger partial charge < -0.3 is 5.73 Å². The van der Waals surface area contributed by atoms with Crippen LogP contribution in [0.2, 0.25) is 0 Å². The number of imide groups is 1. The summed E-state index contributed by atoms with van der Waals surface area (Å²) in [5, 5.41) is 4.24. The molecular formula is C12H12N4O3S. The van der Waals surface area contributed by atoms with Crippen LogP contribution in [0, 0.1) is 6.92 Å². The van der Waals surface area contributed by atoms with E-state index in [9.17, 15) is 14.4 Å². The smallest absolute Gasteiger partial charge is 0.265 e. The van der Waals surface area contributed by atoms with Crippen LogP contribution in [0.3, 0.4) is 0 Å². The van der Waals surface area contributed by atoms with Crippen LogP contribution >= 0.6 is 11.3 Å². The van der Waals surface area contributed by atoms with Crippen LogP contribution in [-0.2, 0) is 9.59 Å². The second-order valence-corrected chi connectivity index (χ2v) is 5.53. The van der Waals surface area contributed by atoms with Crippen molar-refractivity contribution in [1.29, 1.82) is 0 Å². The number of aromatic nitrogens is 2. The highest BCUT2D eigenvalue weighted by Gasteiger charge is 2.30. The fraction of sp³-hybridized carbons (Fsp3) is 0.333. The Morgan fingerprint density at radius 2 is 2.20 bits per heavy atom. The van der Waals surface area contributed by atoms with Crippen molar-refractivity contribution in [1.82, 2.24) is 14.9 Å². The molecule has 1 unspecified atom stereocenters. The molecule has 3 rings (SSSR count). The Morgan fingerprint density at radius 1 is 1.45 bits per heavy atom. The van der Waals surface area contributed by atoms with Gasteiger partial charge in [0.15, 0.2) is 0 Å². The number of nitrogens with zero attached hydrogens (tertiary/aromatic N) is 2. The average molecular weight is 292 g/mol. The SMILES string of the molecule is Cc1nc2scc(N)c2c(=O)n1C1CCC(=O)NC1=O. The van der Waals surface area contributed by atoms with Crippen molar-refractivity contribution in [2.24, 2.45) is 0 Å². The Morgan fingerprint density at radius 3 is 2.90 bits per heavy atom. The van der Waals surface area contributed by atoms with Crippen molar-refractivity contribution in [2.75, 3.05) is 5.73 Å². The summed E-state index contributed by atoms with van der Waals surface area (Å²) in [6.07, 6.45) is 0.502. The summed E-state index contributed by atoms with van der Waals surface area (Å²) >= 11 is 1.29. The number of nitrogens with one attached hydrogen (secondary N) is 1. The molecule has 20 heavy (non-hydrogen) atoms. The van der Waals surface area contributed by atoms with E-state index in [2.05, 4.69) is 10.3 Å². The van der Waals surface area contributed by atoms with E-state index in [4.69, 9.17) is 5.73 Å². The monoisotopic (exact) mass is 292 g/mol. The maximum absolute atomic E-state index is 12.5. The summed E-state index contributed by atoms with van der Waals surface area (Å²) in [6, 6.07) is -0.712. The average Bonchev–Trinajstić information content (AvgIpc) is 2.73. The fourth-order valence-corrected chi connectivity index (χ4v) is 3.29. The minimum atomic E-state index is -0.712. The first-order valence-corrected chi connectivity index (χ1v) is 6.96. The van der Waals surface area contributed by atoms with Crippen molar-refractivity contribution in [3.8, 4) is 0 Å². The van der Waals surface area contributed by atoms with E-state index in [0.29, 0.717) is 28.1 Å². The largest absolute Gasteiger partial charge is 0.397 e. The quantitative estimate of drug-likeness (QED) is 0.736. The highest BCUT2D eigenvalue weighted by atomic mass is 32.1. The van der Waals surface area contributed by atoms with E-state index >= 15 is 0 Å². The first-order valence-electron chi connectivity index (χ1n) is 6.08. The Balaban J connectivity index is 2.21. The highest BCUT2D eigenvalue weighted by molar-refractivity contribution is 7.17. The third kappa shape index (κ3) is 1.80. The van der Waals surface area contributed by atoms with Gasteiger partial charge in [-0.15, -0.1) is 11.3 Å². The van der Waals surface area contributed by atoms with Gasteiger partial charge in [-0.3, -0.25) is 24.3 Å². The van der Waals surface area contributed by atoms with Crippen molar-refractivity contribution in [3.63, 3.8) is 0 Å². The van der Waals surface area contributed by atoms with Crippen LogP contribution in [0.25, 0.3) is 10.2 Å². The zero-order valence-corrected chi connectivity index (χ0v) is 11.5. The maximum atomic E-state index is 12.5. The van der Waals surface area contributed by atoms with Crippen LogP contribution in [-0.4, -0.2) is 21.4 Å². The second kappa shape index (κ2) is 4.41. The number of nitrogen functional groups attached to an aromatic ring is 1. The number of fused-ring (bicyclic) bond motifs is 1. The zero-order valence-electron chi connectivity index (χ0n) is 10.7. The Hall–Kier alpha value is -2.22. The highest BCUT2D eigenvalue weighted by Crippen LogP contribution is 2.25. The molecule has 8 heteroatoms. The molecule has 0 aromatic carbocycles. The number of thiophene rings is 1. The molecule has 2 amide bonds. The minimum Gasteiger partial charge on any atom is -0.397 e. The topological polar surface area (TPSA) is 107 Å². The molecule has 3 heterocycles. The predicted octanol–water partition coefficient (Wildman–Crippen LogP) is 0.326. The lowest BCUT2D eigenvalue weighted by Gasteiger charge is -2.24. The van der Waals surface area contributed by atoms with Gasteiger partial charge in [-0.25, -0.2) is 4.98 Å². The number of rotatable bonds is 1. The van der Waals surface area contributed by atoms with Gasteiger partial charge in [-0.2, -0.15) is 0 Å². The number of anilines is 1. The first-order chi connectivity index (χ1) is 9.49. The summed E-state index contributed by atoms with van der Waals surface area (Å²) in [6.45, 7) is 1.67. The van der Waals surface area contributed by atoms with Gasteiger partial charge in [0, 0.05) is 11.8 Å². The number of piperidine rings is 1. The normalized spacial score (nSPS) is 19.4. The lowest BCUT2D eigenvalue weighted by atomic mass is 10.1. The second-order valence-electron chi connectivity index (χ2n) is 4.67. The Kier molecular flexibility index (Phi) is 2.82. The molecule has 2 aromatic rings. The standard InChI is InChI=1S/C12H12N4O3S/c1-5-14-11-9(6(13)4-20-11)12(19)16(5)7-2-3-8(17)15-10(7)18/h4,7H,2-3,13H2,1H3,(H,15,17,18). The van der Waals surface area contributed by atoms with Gasteiger partial charge in [0.1, 0.15) is 16.7 Å². The van der Waals surface area contributed by atoms with E-state index in [-0.39, 0.29) is 17.9 Å². The number of nitrogens with two attached hydrogens (primary N) is 1. The molecule has 1 aliphatic rings. The summed E-state index contributed by atoms with van der Waals surface area (Å²) in [7, 11) is 0. The number of amides is 2. The van der Waals surface area contributed by atoms with Crippen LogP contribution < -0.4 is 16.6 Å². The van der Waals surface area contributed by atoms with E-state index < -0.39 is 11.9 Å². The van der Waals surface area contributed by atoms with E-state index in [0.717, 1.165) is 0 Å². The van der Waals surface area contributed by atoms with Gasteiger partial charge >= 0.3 is 0 Å². The van der Waals surface area contributed by atoms with Crippen LogP contribution in [0.5, 0.6) is 0 Å². The lowest BCUT2D eigenvalue weighted by Crippen LogP contribution is -2.45. The number of carbonyl (C=O) groups excluding carboxylic acids is 2. The molecule has 1 aliphatic heterocycles. The van der Waals surface area contributed by atoms with Crippen molar-refractivity contribution < 1.29 is 9.59 Å². The minimum absolute atomic E-state index is 0.208. The molecule has 1 atom stereocenters. The molecule has 0 bridgehead atoms. The van der Waals surface area contributed by atoms with E-state index in [1.54, 1.807) is 12.3 Å². The van der Waals surface area contributed by atoms with Crippen LogP contribution in [0.4, 0.5) is 5.69 Å². The van der Waals surface area contributed by atoms with Crippen molar-refractivity contribution in [2.45, 2.75) is 25.8 Å². The molecule has 0 aliphatic carbocycles. The summed E-state index contributed by atoms with van der Waals surface area (Å²) in [4.78, 5) is 40.5. The molecule has 1 saturated heterocycles. The molecule has 2 aromatic heterocycles. The molecule has 104 valence electrons. The molecule has 1 fully saturated rings. The fourth-order valence-electron chi connectivity index (χ4n) is 2.42. The van der Waals surface area contributed by atoms with Gasteiger partial charge in [-0.1, -0.05) is 0 Å². The molecule has 0 radical (unpaired) electrons. The number of hydrogen-bond acceptors (Lipinski definition) is 6. The zero-order chi connectivity index (χ0) is 14.4. The van der Waals surface area contributed by atoms with Gasteiger partial charge in [-0.05, 0) is 13.3 Å². The Labute approximate surface area is 117 Å². The van der Waals surface area contributed by atoms with Crippen LogP contribution in [0.15, 0.2) is 10.2 Å². The van der Waals surface area contributed by atoms with Crippen LogP contribution in [0.1, 0.15) is 24.7 Å². The lowest BCUT2D eigenvalue weighted by molar-refractivity contribution is -0.135. The maximum Gasteiger partial charge on any atom is 0.265 e. The first kappa shape index (κ1) is 12.8. The van der Waals surface area contributed by atoms with Gasteiger partial charge in [0.05, 0.1) is 11.1 Å². The molecule has 7 nitrogen and oxygen atoms in total. The summed E-state index contributed by atoms with van der Waals surface area (Å²) < 4.78 is 1.33. The molecular weight excluding hydrogens is 280 g/mol. The Bertz CT molecular complexity index is 792. The van der Waals surface area contributed by atoms with E-state index in [1.807, 2.05) is 0 Å². The third-order valence-electron chi connectivity index (χ3n) is 3.37. The summed E-state index contributed by atoms with van der Waals surface area (Å²) in [5.41, 5.74) is 5.82. The van der Waals surface area contributed by atoms with Gasteiger partial charge in [0.2, 0.25) is 11.8 Å². The van der Waals surface area contributed by atoms with Gasteiger partial charge in [0.25, 0.3) is 5.56 Å². The molecule has 0 spiro atoms. The molecule has 3 N–H and O–H groups in total.